The maximum absolute atomic E-state index is 12.5. The monoisotopic (exact) mass is 319 g/mol. The van der Waals surface area contributed by atoms with Gasteiger partial charge in [-0.2, -0.15) is 18.3 Å². The SMILES string of the molecule is CCc1nn(C)cc1C(O)c1ccc(C(F)(F)F)nc1Cl. The molecule has 0 fully saturated rings. The first-order chi connectivity index (χ1) is 9.74. The first-order valence-corrected chi connectivity index (χ1v) is 6.56. The number of hydrogen-bond donors (Lipinski definition) is 1. The van der Waals surface area contributed by atoms with E-state index in [1.807, 2.05) is 6.92 Å². The Hall–Kier alpha value is -1.60. The molecule has 2 rings (SSSR count). The van der Waals surface area contributed by atoms with Gasteiger partial charge in [0.25, 0.3) is 0 Å². The fourth-order valence-electron chi connectivity index (χ4n) is 2.03. The van der Waals surface area contributed by atoms with Crippen molar-refractivity contribution in [3.63, 3.8) is 0 Å². The molecule has 2 aromatic heterocycles. The molecule has 0 radical (unpaired) electrons. The molecule has 1 atom stereocenters. The van der Waals surface area contributed by atoms with Crippen molar-refractivity contribution in [2.45, 2.75) is 25.6 Å². The number of nitrogens with zero attached hydrogens (tertiary/aromatic N) is 3. The summed E-state index contributed by atoms with van der Waals surface area (Å²) in [5.41, 5.74) is 0.183. The highest BCUT2D eigenvalue weighted by atomic mass is 35.5. The Bertz CT molecular complexity index is 655. The van der Waals surface area contributed by atoms with Gasteiger partial charge in [0.15, 0.2) is 0 Å². The molecule has 0 saturated heterocycles. The number of alkyl halides is 3. The highest BCUT2D eigenvalue weighted by molar-refractivity contribution is 6.30. The number of rotatable bonds is 3. The molecular weight excluding hydrogens is 307 g/mol. The molecule has 0 aliphatic heterocycles. The molecule has 0 amide bonds. The molecule has 0 bridgehead atoms. The summed E-state index contributed by atoms with van der Waals surface area (Å²) in [5, 5.41) is 14.1. The van der Waals surface area contributed by atoms with Crippen LogP contribution in [0.15, 0.2) is 18.3 Å². The van der Waals surface area contributed by atoms with Crippen LogP contribution >= 0.6 is 11.6 Å². The third-order valence-corrected chi connectivity index (χ3v) is 3.33. The summed E-state index contributed by atoms with van der Waals surface area (Å²) in [6, 6.07) is 1.93. The average molecular weight is 320 g/mol. The van der Waals surface area contributed by atoms with Crippen molar-refractivity contribution in [3.8, 4) is 0 Å². The topological polar surface area (TPSA) is 50.9 Å². The number of halogens is 4. The molecule has 0 aliphatic rings. The number of hydrogen-bond acceptors (Lipinski definition) is 3. The summed E-state index contributed by atoms with van der Waals surface area (Å²) in [6.07, 6.45) is -3.55. The molecule has 0 spiro atoms. The van der Waals surface area contributed by atoms with Gasteiger partial charge in [-0.1, -0.05) is 24.6 Å². The van der Waals surface area contributed by atoms with Crippen molar-refractivity contribution < 1.29 is 18.3 Å². The molecule has 0 aliphatic carbocycles. The normalized spacial score (nSPS) is 13.5. The Morgan fingerprint density at radius 2 is 2.00 bits per heavy atom. The Balaban J connectivity index is 2.42. The molecule has 0 aromatic carbocycles. The van der Waals surface area contributed by atoms with Gasteiger partial charge in [0.05, 0.1) is 5.69 Å². The first-order valence-electron chi connectivity index (χ1n) is 6.18. The van der Waals surface area contributed by atoms with E-state index < -0.39 is 18.0 Å². The summed E-state index contributed by atoms with van der Waals surface area (Å²) in [7, 11) is 1.70. The van der Waals surface area contributed by atoms with Crippen LogP contribution in [0.3, 0.4) is 0 Å². The minimum atomic E-state index is -4.57. The van der Waals surface area contributed by atoms with Crippen molar-refractivity contribution in [2.75, 3.05) is 0 Å². The predicted molar refractivity (Wildman–Crippen MR) is 70.9 cm³/mol. The van der Waals surface area contributed by atoms with Gasteiger partial charge in [-0.25, -0.2) is 4.98 Å². The Labute approximate surface area is 124 Å². The summed E-state index contributed by atoms with van der Waals surface area (Å²) in [6.45, 7) is 1.87. The van der Waals surface area contributed by atoms with Crippen LogP contribution < -0.4 is 0 Å². The number of pyridine rings is 1. The number of aryl methyl sites for hydroxylation is 2. The van der Waals surface area contributed by atoms with E-state index in [0.717, 1.165) is 12.1 Å². The summed E-state index contributed by atoms with van der Waals surface area (Å²) < 4.78 is 39.2. The van der Waals surface area contributed by atoms with Crippen LogP contribution in [-0.2, 0) is 19.6 Å². The molecule has 21 heavy (non-hydrogen) atoms. The van der Waals surface area contributed by atoms with Gasteiger partial charge in [0, 0.05) is 24.4 Å². The van der Waals surface area contributed by atoms with E-state index in [1.165, 1.54) is 4.68 Å². The second kappa shape index (κ2) is 5.65. The second-order valence-corrected chi connectivity index (χ2v) is 4.89. The van der Waals surface area contributed by atoms with E-state index in [2.05, 4.69) is 10.1 Å². The van der Waals surface area contributed by atoms with Crippen molar-refractivity contribution in [1.82, 2.24) is 14.8 Å². The Kier molecular flexibility index (Phi) is 4.25. The fourth-order valence-corrected chi connectivity index (χ4v) is 2.29. The smallest absolute Gasteiger partial charge is 0.383 e. The lowest BCUT2D eigenvalue weighted by atomic mass is 10.0. The fraction of sp³-hybridized carbons (Fsp3) is 0.385. The van der Waals surface area contributed by atoms with Gasteiger partial charge in [0.1, 0.15) is 17.0 Å². The van der Waals surface area contributed by atoms with Gasteiger partial charge in [-0.05, 0) is 12.5 Å². The number of aliphatic hydroxyl groups excluding tert-OH is 1. The highest BCUT2D eigenvalue weighted by Gasteiger charge is 2.33. The van der Waals surface area contributed by atoms with Crippen molar-refractivity contribution >= 4 is 11.6 Å². The minimum absolute atomic E-state index is 0.118. The Morgan fingerprint density at radius 3 is 2.52 bits per heavy atom. The zero-order valence-electron chi connectivity index (χ0n) is 11.3. The lowest BCUT2D eigenvalue weighted by molar-refractivity contribution is -0.141. The molecular formula is C13H13ClF3N3O. The maximum atomic E-state index is 12.5. The average Bonchev–Trinajstić information content (AvgIpc) is 2.78. The highest BCUT2D eigenvalue weighted by Crippen LogP contribution is 2.33. The summed E-state index contributed by atoms with van der Waals surface area (Å²) in [4.78, 5) is 3.31. The van der Waals surface area contributed by atoms with E-state index in [4.69, 9.17) is 11.6 Å². The summed E-state index contributed by atoms with van der Waals surface area (Å²) >= 11 is 5.78. The van der Waals surface area contributed by atoms with Crippen molar-refractivity contribution in [1.29, 1.82) is 0 Å². The van der Waals surface area contributed by atoms with Crippen LogP contribution in [0.2, 0.25) is 5.15 Å². The molecule has 1 unspecified atom stereocenters. The van der Waals surface area contributed by atoms with Crippen LogP contribution in [0.25, 0.3) is 0 Å². The van der Waals surface area contributed by atoms with E-state index in [9.17, 15) is 18.3 Å². The van der Waals surface area contributed by atoms with Gasteiger partial charge < -0.3 is 5.11 Å². The predicted octanol–water partition coefficient (Wildman–Crippen LogP) is 3.13. The molecule has 0 saturated carbocycles. The van der Waals surface area contributed by atoms with Gasteiger partial charge >= 0.3 is 6.18 Å². The zero-order valence-corrected chi connectivity index (χ0v) is 12.1. The number of aliphatic hydroxyl groups is 1. The number of aromatic nitrogens is 3. The first kappa shape index (κ1) is 15.8. The van der Waals surface area contributed by atoms with Crippen LogP contribution in [0.4, 0.5) is 13.2 Å². The third kappa shape index (κ3) is 3.19. The molecule has 114 valence electrons. The van der Waals surface area contributed by atoms with Crippen molar-refractivity contribution in [3.05, 3.63) is 46.0 Å². The van der Waals surface area contributed by atoms with E-state index in [0.29, 0.717) is 17.7 Å². The molecule has 4 nitrogen and oxygen atoms in total. The zero-order chi connectivity index (χ0) is 15.8. The Morgan fingerprint density at radius 1 is 1.33 bits per heavy atom. The van der Waals surface area contributed by atoms with Crippen LogP contribution in [-0.4, -0.2) is 19.9 Å². The van der Waals surface area contributed by atoms with E-state index in [-0.39, 0.29) is 10.7 Å². The standard InChI is InChI=1S/C13H13ClF3N3O/c1-3-9-8(6-20(2)19-9)11(21)7-4-5-10(13(15,16)17)18-12(7)14/h4-6,11,21H,3H2,1-2H3. The van der Waals surface area contributed by atoms with Crippen LogP contribution in [0.1, 0.15) is 35.5 Å². The second-order valence-electron chi connectivity index (χ2n) is 4.54. The van der Waals surface area contributed by atoms with Gasteiger partial charge in [-0.15, -0.1) is 0 Å². The van der Waals surface area contributed by atoms with E-state index in [1.54, 1.807) is 13.2 Å². The summed E-state index contributed by atoms with van der Waals surface area (Å²) in [5.74, 6) is 0. The minimum Gasteiger partial charge on any atom is -0.383 e. The van der Waals surface area contributed by atoms with Gasteiger partial charge in [0.2, 0.25) is 0 Å². The van der Waals surface area contributed by atoms with Crippen molar-refractivity contribution in [2.24, 2.45) is 7.05 Å². The quantitative estimate of drug-likeness (QED) is 0.884. The lowest BCUT2D eigenvalue weighted by Gasteiger charge is -2.14. The molecule has 8 heteroatoms. The maximum Gasteiger partial charge on any atom is 0.433 e. The third-order valence-electron chi connectivity index (χ3n) is 3.03. The lowest BCUT2D eigenvalue weighted by Crippen LogP contribution is -2.10. The van der Waals surface area contributed by atoms with Crippen LogP contribution in [0, 0.1) is 0 Å². The van der Waals surface area contributed by atoms with Crippen LogP contribution in [0.5, 0.6) is 0 Å². The van der Waals surface area contributed by atoms with E-state index >= 15 is 0 Å². The molecule has 2 aromatic rings. The largest absolute Gasteiger partial charge is 0.433 e. The molecule has 2 heterocycles. The molecule has 1 N–H and O–H groups in total. The van der Waals surface area contributed by atoms with Gasteiger partial charge in [-0.3, -0.25) is 4.68 Å².